The highest BCUT2D eigenvalue weighted by atomic mass is 32.3. The second kappa shape index (κ2) is 4.04. The molecule has 100 valence electrons. The van der Waals surface area contributed by atoms with E-state index in [0.29, 0.717) is 0 Å². The molecule has 0 aromatic heterocycles. The van der Waals surface area contributed by atoms with Crippen molar-refractivity contribution in [2.45, 2.75) is 6.92 Å². The standard InChI is InChI=1S/C12H12N2O4S/c1-2-19(16,17,18)11-7-10(14-13)12(15)9-6-4-3-5-8(9)11/h3-7H,2H2,1H3,(H2,16,17,18). The molecule has 2 N–H and O–H groups in total. The number of ketones is 1. The zero-order chi connectivity index (χ0) is 14.3. The molecular weight excluding hydrogens is 268 g/mol. The van der Waals surface area contributed by atoms with Crippen LogP contribution in [0, 0.1) is 0 Å². The number of rotatable bonds is 2. The van der Waals surface area contributed by atoms with E-state index >= 15 is 0 Å². The molecule has 0 unspecified atom stereocenters. The van der Waals surface area contributed by atoms with Gasteiger partial charge in [-0.15, -0.1) is 0 Å². The highest BCUT2D eigenvalue weighted by Gasteiger charge is 2.41. The number of carbonyl (C=O) groups is 1. The molecule has 1 aliphatic rings. The van der Waals surface area contributed by atoms with Gasteiger partial charge in [-0.05, 0) is 0 Å². The monoisotopic (exact) mass is 280 g/mol. The Morgan fingerprint density at radius 3 is 2.37 bits per heavy atom. The largest absolute Gasteiger partial charge is 0.364 e. The molecule has 19 heavy (non-hydrogen) atoms. The van der Waals surface area contributed by atoms with Gasteiger partial charge in [0.15, 0.2) is 0 Å². The number of nitrogens with zero attached hydrogens (tertiary/aromatic N) is 2. The van der Waals surface area contributed by atoms with Crippen LogP contribution >= 0.6 is 0 Å². The van der Waals surface area contributed by atoms with E-state index < -0.39 is 21.2 Å². The summed E-state index contributed by atoms with van der Waals surface area (Å²) in [6.07, 6.45) is 0.947. The fourth-order valence-electron chi connectivity index (χ4n) is 1.87. The minimum Gasteiger partial charge on any atom is -0.361 e. The first-order valence-corrected chi connectivity index (χ1v) is 7.56. The highest BCUT2D eigenvalue weighted by molar-refractivity contribution is 8.18. The Kier molecular flexibility index (Phi) is 2.87. The van der Waals surface area contributed by atoms with Gasteiger partial charge in [0.2, 0.25) is 0 Å². The Hall–Kier alpha value is -1.92. The molecule has 0 spiro atoms. The van der Waals surface area contributed by atoms with Crippen LogP contribution in [0.1, 0.15) is 22.8 Å². The number of fused-ring (bicyclic) bond motifs is 1. The molecule has 0 aliphatic heterocycles. The van der Waals surface area contributed by atoms with E-state index in [1.807, 2.05) is 0 Å². The predicted molar refractivity (Wildman–Crippen MR) is 71.3 cm³/mol. The second-order valence-corrected chi connectivity index (χ2v) is 7.23. The SMILES string of the molecule is CCS(=O)(O)(O)C1=CC(=[N+]=[N-])C(=O)c2ccccc21. The lowest BCUT2D eigenvalue weighted by molar-refractivity contribution is -0.00438. The van der Waals surface area contributed by atoms with Gasteiger partial charge in [0.1, 0.15) is 9.63 Å². The zero-order valence-corrected chi connectivity index (χ0v) is 10.9. The number of Topliss-reactive ketones (excluding diaryl/α,β-unsaturated/α-hetero) is 1. The maximum Gasteiger partial charge on any atom is 0.364 e. The normalized spacial score (nSPS) is 17.0. The van der Waals surface area contributed by atoms with Crippen LogP contribution in [-0.2, 0) is 9.63 Å². The van der Waals surface area contributed by atoms with E-state index in [4.69, 9.17) is 5.53 Å². The summed E-state index contributed by atoms with van der Waals surface area (Å²) in [4.78, 5) is 14.4. The maximum atomic E-state index is 12.2. The average molecular weight is 280 g/mol. The van der Waals surface area contributed by atoms with Crippen LogP contribution in [0.4, 0.5) is 0 Å². The van der Waals surface area contributed by atoms with Crippen LogP contribution in [0.3, 0.4) is 0 Å². The van der Waals surface area contributed by atoms with E-state index in [9.17, 15) is 18.1 Å². The predicted octanol–water partition coefficient (Wildman–Crippen LogP) is 1.68. The summed E-state index contributed by atoms with van der Waals surface area (Å²) in [5.41, 5.74) is 8.70. The maximum absolute atomic E-state index is 12.2. The minimum absolute atomic E-state index is 0.114. The van der Waals surface area contributed by atoms with Crippen molar-refractivity contribution >= 4 is 26.0 Å². The van der Waals surface area contributed by atoms with Crippen molar-refractivity contribution in [3.63, 3.8) is 0 Å². The van der Waals surface area contributed by atoms with Crippen molar-refractivity contribution in [1.29, 1.82) is 0 Å². The van der Waals surface area contributed by atoms with Crippen molar-refractivity contribution in [2.24, 2.45) is 0 Å². The van der Waals surface area contributed by atoms with Gasteiger partial charge in [0.25, 0.3) is 5.78 Å². The van der Waals surface area contributed by atoms with Crippen LogP contribution in [0.2, 0.25) is 0 Å². The van der Waals surface area contributed by atoms with Gasteiger partial charge < -0.3 is 14.6 Å². The molecule has 0 heterocycles. The van der Waals surface area contributed by atoms with Crippen molar-refractivity contribution in [3.8, 4) is 0 Å². The van der Waals surface area contributed by atoms with Gasteiger partial charge >= 0.3 is 5.71 Å². The van der Waals surface area contributed by atoms with E-state index in [1.54, 1.807) is 12.1 Å². The van der Waals surface area contributed by atoms with Crippen molar-refractivity contribution in [3.05, 3.63) is 47.0 Å². The number of benzene rings is 1. The van der Waals surface area contributed by atoms with E-state index in [2.05, 4.69) is 4.79 Å². The Labute approximate surface area is 109 Å². The van der Waals surface area contributed by atoms with Gasteiger partial charge in [0, 0.05) is 16.9 Å². The molecule has 0 radical (unpaired) electrons. The first kappa shape index (κ1) is 13.5. The summed E-state index contributed by atoms with van der Waals surface area (Å²) in [6, 6.07) is 6.06. The Bertz CT molecular complexity index is 723. The lowest BCUT2D eigenvalue weighted by Crippen LogP contribution is -2.38. The molecule has 0 atom stereocenters. The molecule has 2 rings (SSSR count). The third kappa shape index (κ3) is 2.09. The molecule has 7 heteroatoms. The number of carbonyl (C=O) groups excluding carboxylic acids is 1. The molecule has 1 aromatic carbocycles. The molecule has 1 aliphatic carbocycles. The van der Waals surface area contributed by atoms with Crippen molar-refractivity contribution in [1.82, 2.24) is 0 Å². The van der Waals surface area contributed by atoms with Gasteiger partial charge in [-0.1, -0.05) is 31.2 Å². The molecule has 0 saturated carbocycles. The van der Waals surface area contributed by atoms with Crippen LogP contribution < -0.4 is 0 Å². The van der Waals surface area contributed by atoms with Gasteiger partial charge in [-0.3, -0.25) is 4.79 Å². The lowest BCUT2D eigenvalue weighted by Gasteiger charge is -2.33. The molecule has 0 saturated heterocycles. The summed E-state index contributed by atoms with van der Waals surface area (Å²) < 4.78 is 32.1. The fraction of sp³-hybridized carbons (Fsp3) is 0.167. The quantitative estimate of drug-likeness (QED) is 0.634. The van der Waals surface area contributed by atoms with Crippen LogP contribution in [0.25, 0.3) is 10.4 Å². The summed E-state index contributed by atoms with van der Waals surface area (Å²) >= 11 is 0. The first-order valence-electron chi connectivity index (χ1n) is 5.51. The molecule has 1 aromatic rings. The summed E-state index contributed by atoms with van der Waals surface area (Å²) in [6.45, 7) is 1.35. The zero-order valence-electron chi connectivity index (χ0n) is 10.1. The van der Waals surface area contributed by atoms with Gasteiger partial charge in [0.05, 0.1) is 11.0 Å². The molecule has 0 fully saturated rings. The minimum atomic E-state index is -5.06. The number of hydrogen-bond acceptors (Lipinski definition) is 2. The topological polar surface area (TPSA) is 111 Å². The van der Waals surface area contributed by atoms with E-state index in [1.165, 1.54) is 19.1 Å². The molecule has 0 amide bonds. The Morgan fingerprint density at radius 2 is 1.84 bits per heavy atom. The summed E-state index contributed by atoms with van der Waals surface area (Å²) in [5, 5.41) is 0. The Balaban J connectivity index is 2.85. The van der Waals surface area contributed by atoms with E-state index in [-0.39, 0.29) is 21.7 Å². The third-order valence-corrected chi connectivity index (χ3v) is 5.27. The lowest BCUT2D eigenvalue weighted by atomic mass is 9.95. The average Bonchev–Trinajstić information content (AvgIpc) is 2.39. The van der Waals surface area contributed by atoms with Crippen molar-refractivity contribution in [2.75, 3.05) is 5.75 Å². The third-order valence-electron chi connectivity index (χ3n) is 3.01. The van der Waals surface area contributed by atoms with Crippen LogP contribution in [-0.4, -0.2) is 35.4 Å². The molecular formula is C12H12N2O4S. The van der Waals surface area contributed by atoms with Gasteiger partial charge in [-0.2, -0.15) is 4.79 Å². The molecule has 0 bridgehead atoms. The van der Waals surface area contributed by atoms with Crippen LogP contribution in [0.5, 0.6) is 0 Å². The number of hydrogen-bond donors (Lipinski definition) is 2. The fourth-order valence-corrected chi connectivity index (χ4v) is 3.15. The van der Waals surface area contributed by atoms with Crippen molar-refractivity contribution < 1.29 is 22.9 Å². The smallest absolute Gasteiger partial charge is 0.361 e. The van der Waals surface area contributed by atoms with Crippen LogP contribution in [0.15, 0.2) is 30.3 Å². The Morgan fingerprint density at radius 1 is 1.26 bits per heavy atom. The van der Waals surface area contributed by atoms with Gasteiger partial charge in [-0.25, -0.2) is 4.21 Å². The second-order valence-electron chi connectivity index (χ2n) is 4.17. The highest BCUT2D eigenvalue weighted by Crippen LogP contribution is 2.39. The van der Waals surface area contributed by atoms with E-state index in [0.717, 1.165) is 6.08 Å². The first-order chi connectivity index (χ1) is 8.78. The number of allylic oxidation sites excluding steroid dienone is 1. The summed E-state index contributed by atoms with van der Waals surface area (Å²) in [5.74, 6) is -0.995. The summed E-state index contributed by atoms with van der Waals surface area (Å²) in [7, 11) is -5.06. The molecule has 6 nitrogen and oxygen atoms in total.